The Morgan fingerprint density at radius 3 is 2.27 bits per heavy atom. The topological polar surface area (TPSA) is 26.0 Å². The van der Waals surface area contributed by atoms with Gasteiger partial charge in [-0.15, -0.1) is 0 Å². The molecule has 0 aromatic rings. The summed E-state index contributed by atoms with van der Waals surface area (Å²) < 4.78 is 38.1. The van der Waals surface area contributed by atoms with E-state index in [1.165, 1.54) is 0 Å². The second kappa shape index (κ2) is 2.62. The first-order chi connectivity index (χ1) is 4.85. The summed E-state index contributed by atoms with van der Waals surface area (Å²) in [5.41, 5.74) is 2.87. The molecule has 0 aromatic heterocycles. The molecule has 1 aliphatic rings. The second-order valence-electron chi connectivity index (χ2n) is 2.97. The monoisotopic (exact) mass is 231 g/mol. The van der Waals surface area contributed by atoms with Gasteiger partial charge < -0.3 is 5.73 Å². The first kappa shape index (κ1) is 9.32. The number of hydrogen-bond donors (Lipinski definition) is 1. The van der Waals surface area contributed by atoms with Crippen molar-refractivity contribution in [1.82, 2.24) is 0 Å². The van der Waals surface area contributed by atoms with Gasteiger partial charge >= 0.3 is 4.83 Å². The lowest BCUT2D eigenvalue weighted by molar-refractivity contribution is -0.0546. The van der Waals surface area contributed by atoms with Crippen LogP contribution in [-0.4, -0.2) is 16.5 Å². The van der Waals surface area contributed by atoms with Crippen LogP contribution >= 0.6 is 15.9 Å². The molecule has 0 saturated heterocycles. The molecule has 0 spiro atoms. The number of alkyl halides is 4. The van der Waals surface area contributed by atoms with Crippen LogP contribution in [0.15, 0.2) is 0 Å². The van der Waals surface area contributed by atoms with Crippen LogP contribution in [0.5, 0.6) is 0 Å². The van der Waals surface area contributed by atoms with Crippen LogP contribution in [-0.2, 0) is 0 Å². The minimum Gasteiger partial charge on any atom is -0.328 e. The van der Waals surface area contributed by atoms with Crippen LogP contribution in [0.2, 0.25) is 0 Å². The Balaban J connectivity index is 2.69. The van der Waals surface area contributed by atoms with Gasteiger partial charge in [-0.3, -0.25) is 0 Å². The van der Waals surface area contributed by atoms with Crippen LogP contribution < -0.4 is 5.73 Å². The van der Waals surface area contributed by atoms with E-state index in [1.54, 1.807) is 0 Å². The van der Waals surface area contributed by atoms with Crippen molar-refractivity contribution in [2.45, 2.75) is 35.8 Å². The SMILES string of the molecule is NC1CCC(F)(C(F)(F)Br)C1. The van der Waals surface area contributed by atoms with Crippen molar-refractivity contribution in [3.8, 4) is 0 Å². The summed E-state index contributed by atoms with van der Waals surface area (Å²) in [6.45, 7) is 0. The average molecular weight is 232 g/mol. The summed E-state index contributed by atoms with van der Waals surface area (Å²) >= 11 is 2.03. The highest BCUT2D eigenvalue weighted by Crippen LogP contribution is 2.47. The van der Waals surface area contributed by atoms with Gasteiger partial charge in [0, 0.05) is 12.5 Å². The molecule has 1 fully saturated rings. The molecule has 11 heavy (non-hydrogen) atoms. The molecular formula is C6H9BrF3N. The van der Waals surface area contributed by atoms with Crippen molar-refractivity contribution >= 4 is 15.9 Å². The zero-order chi connectivity index (χ0) is 8.70. The lowest BCUT2D eigenvalue weighted by Gasteiger charge is -2.24. The van der Waals surface area contributed by atoms with Gasteiger partial charge in [0.1, 0.15) is 0 Å². The molecule has 0 aromatic carbocycles. The molecule has 0 bridgehead atoms. The number of hydrogen-bond acceptors (Lipinski definition) is 1. The van der Waals surface area contributed by atoms with E-state index in [0.717, 1.165) is 0 Å². The molecule has 0 aliphatic heterocycles. The smallest absolute Gasteiger partial charge is 0.328 e. The fourth-order valence-electron chi connectivity index (χ4n) is 1.29. The van der Waals surface area contributed by atoms with Crippen LogP contribution in [0, 0.1) is 0 Å². The van der Waals surface area contributed by atoms with Crippen LogP contribution in [0.25, 0.3) is 0 Å². The van der Waals surface area contributed by atoms with Gasteiger partial charge in [-0.25, -0.2) is 4.39 Å². The van der Waals surface area contributed by atoms with Gasteiger partial charge in [-0.2, -0.15) is 8.78 Å². The highest BCUT2D eigenvalue weighted by molar-refractivity contribution is 9.10. The van der Waals surface area contributed by atoms with Gasteiger partial charge in [-0.05, 0) is 28.8 Å². The Bertz CT molecular complexity index is 158. The van der Waals surface area contributed by atoms with E-state index in [0.29, 0.717) is 6.42 Å². The largest absolute Gasteiger partial charge is 0.334 e. The van der Waals surface area contributed by atoms with Gasteiger partial charge in [0.05, 0.1) is 0 Å². The summed E-state index contributed by atoms with van der Waals surface area (Å²) in [6, 6.07) is -0.427. The van der Waals surface area contributed by atoms with E-state index >= 15 is 0 Å². The maximum atomic E-state index is 13.2. The zero-order valence-corrected chi connectivity index (χ0v) is 7.37. The van der Waals surface area contributed by atoms with Gasteiger partial charge in [0.2, 0.25) is 0 Å². The number of halogens is 4. The van der Waals surface area contributed by atoms with Crippen molar-refractivity contribution in [1.29, 1.82) is 0 Å². The molecule has 1 rings (SSSR count). The van der Waals surface area contributed by atoms with Gasteiger partial charge in [-0.1, -0.05) is 0 Å². The summed E-state index contributed by atoms with van der Waals surface area (Å²) in [6.07, 6.45) is -0.0879. The first-order valence-corrected chi connectivity index (χ1v) is 4.16. The predicted molar refractivity (Wildman–Crippen MR) is 39.5 cm³/mol. The molecule has 2 unspecified atom stereocenters. The Hall–Kier alpha value is 0.230. The molecule has 0 heterocycles. The molecule has 2 atom stereocenters. The normalized spacial score (nSPS) is 39.5. The average Bonchev–Trinajstić information content (AvgIpc) is 2.10. The van der Waals surface area contributed by atoms with E-state index < -0.39 is 16.5 Å². The van der Waals surface area contributed by atoms with Crippen LogP contribution in [0.1, 0.15) is 19.3 Å². The van der Waals surface area contributed by atoms with Crippen molar-refractivity contribution in [2.24, 2.45) is 5.73 Å². The molecule has 1 saturated carbocycles. The number of nitrogens with two attached hydrogens (primary N) is 1. The van der Waals surface area contributed by atoms with Crippen LogP contribution in [0.4, 0.5) is 13.2 Å². The van der Waals surface area contributed by atoms with Crippen molar-refractivity contribution < 1.29 is 13.2 Å². The standard InChI is InChI=1S/C6H9BrF3N/c7-6(9,10)5(8)2-1-4(11)3-5/h4H,1-3,11H2. The van der Waals surface area contributed by atoms with Crippen molar-refractivity contribution in [3.05, 3.63) is 0 Å². The van der Waals surface area contributed by atoms with Crippen molar-refractivity contribution in [2.75, 3.05) is 0 Å². The van der Waals surface area contributed by atoms with Gasteiger partial charge in [0.25, 0.3) is 0 Å². The summed E-state index contributed by atoms with van der Waals surface area (Å²) in [5.74, 6) is 0. The minimum atomic E-state index is -3.44. The second-order valence-corrected chi connectivity index (χ2v) is 3.96. The summed E-state index contributed by atoms with van der Waals surface area (Å²) in [5, 5.41) is 0. The molecule has 1 aliphatic carbocycles. The molecule has 66 valence electrons. The maximum absolute atomic E-state index is 13.2. The Kier molecular flexibility index (Phi) is 2.22. The fourth-order valence-corrected chi connectivity index (χ4v) is 1.65. The van der Waals surface area contributed by atoms with E-state index in [2.05, 4.69) is 0 Å². The van der Waals surface area contributed by atoms with Crippen molar-refractivity contribution in [3.63, 3.8) is 0 Å². The molecule has 1 nitrogen and oxygen atoms in total. The molecular weight excluding hydrogens is 223 g/mol. The van der Waals surface area contributed by atoms with Gasteiger partial charge in [0.15, 0.2) is 5.67 Å². The third-order valence-electron chi connectivity index (χ3n) is 2.01. The molecule has 0 radical (unpaired) electrons. The fraction of sp³-hybridized carbons (Fsp3) is 1.00. The van der Waals surface area contributed by atoms with E-state index in [-0.39, 0.29) is 12.8 Å². The zero-order valence-electron chi connectivity index (χ0n) is 5.79. The molecule has 2 N–H and O–H groups in total. The molecule has 0 amide bonds. The minimum absolute atomic E-state index is 0.160. The van der Waals surface area contributed by atoms with E-state index in [4.69, 9.17) is 5.73 Å². The Morgan fingerprint density at radius 1 is 1.55 bits per heavy atom. The third-order valence-corrected chi connectivity index (χ3v) is 2.72. The van der Waals surface area contributed by atoms with E-state index in [9.17, 15) is 13.2 Å². The molecule has 5 heteroatoms. The quantitative estimate of drug-likeness (QED) is 0.689. The highest BCUT2D eigenvalue weighted by atomic mass is 79.9. The lowest BCUT2D eigenvalue weighted by atomic mass is 10.1. The Labute approximate surface area is 71.3 Å². The summed E-state index contributed by atoms with van der Waals surface area (Å²) in [4.78, 5) is -3.44. The Morgan fingerprint density at radius 2 is 2.09 bits per heavy atom. The third kappa shape index (κ3) is 1.69. The van der Waals surface area contributed by atoms with Crippen LogP contribution in [0.3, 0.4) is 0 Å². The number of rotatable bonds is 1. The highest BCUT2D eigenvalue weighted by Gasteiger charge is 2.56. The predicted octanol–water partition coefficient (Wildman–Crippen LogP) is 2.19. The first-order valence-electron chi connectivity index (χ1n) is 3.36. The van der Waals surface area contributed by atoms with E-state index in [1.807, 2.05) is 15.9 Å². The summed E-state index contributed by atoms with van der Waals surface area (Å²) in [7, 11) is 0. The maximum Gasteiger partial charge on any atom is 0.334 e. The lowest BCUT2D eigenvalue weighted by Crippen LogP contribution is -2.38.